The third kappa shape index (κ3) is 4.02. The van der Waals surface area contributed by atoms with Crippen LogP contribution in [-0.2, 0) is 6.42 Å². The Balaban J connectivity index is 1.50. The van der Waals surface area contributed by atoms with Crippen molar-refractivity contribution in [2.75, 3.05) is 33.2 Å². The highest BCUT2D eigenvalue weighted by molar-refractivity contribution is 5.74. The van der Waals surface area contributed by atoms with Gasteiger partial charge in [0.05, 0.1) is 0 Å². The van der Waals surface area contributed by atoms with Gasteiger partial charge in [-0.2, -0.15) is 0 Å². The fourth-order valence-electron chi connectivity index (χ4n) is 3.90. The number of carbonyl (C=O) groups excluding carboxylic acids is 1. The molecule has 2 fully saturated rings. The first-order valence-electron chi connectivity index (χ1n) is 8.78. The zero-order valence-electron chi connectivity index (χ0n) is 14.3. The van der Waals surface area contributed by atoms with Crippen LogP contribution < -0.4 is 5.32 Å². The predicted octanol–water partition coefficient (Wildman–Crippen LogP) is 2.06. The number of likely N-dealkylation sites (tertiary alicyclic amines) is 2. The third-order valence-electron chi connectivity index (χ3n) is 5.19. The Labute approximate surface area is 139 Å². The van der Waals surface area contributed by atoms with Gasteiger partial charge in [0.25, 0.3) is 0 Å². The van der Waals surface area contributed by atoms with E-state index in [9.17, 15) is 4.79 Å². The molecule has 2 atom stereocenters. The molecule has 126 valence electrons. The molecule has 2 aliphatic rings. The van der Waals surface area contributed by atoms with Crippen LogP contribution in [0.25, 0.3) is 0 Å². The average molecular weight is 316 g/mol. The first kappa shape index (κ1) is 16.2. The number of aromatic nitrogens is 1. The third-order valence-corrected chi connectivity index (χ3v) is 5.19. The molecule has 0 radical (unpaired) electrons. The van der Waals surface area contributed by atoms with Crippen molar-refractivity contribution < 1.29 is 4.79 Å². The van der Waals surface area contributed by atoms with Crippen molar-refractivity contribution in [2.24, 2.45) is 5.92 Å². The van der Waals surface area contributed by atoms with Gasteiger partial charge in [0, 0.05) is 37.6 Å². The van der Waals surface area contributed by atoms with Gasteiger partial charge in [-0.25, -0.2) is 4.79 Å². The summed E-state index contributed by atoms with van der Waals surface area (Å²) < 4.78 is 0. The summed E-state index contributed by atoms with van der Waals surface area (Å²) in [7, 11) is 2.19. The fourth-order valence-corrected chi connectivity index (χ4v) is 3.90. The van der Waals surface area contributed by atoms with E-state index in [0.717, 1.165) is 44.6 Å². The zero-order chi connectivity index (χ0) is 16.2. The quantitative estimate of drug-likeness (QED) is 0.928. The molecule has 3 heterocycles. The van der Waals surface area contributed by atoms with Crippen LogP contribution in [0.4, 0.5) is 4.79 Å². The highest BCUT2D eigenvalue weighted by Gasteiger charge is 2.37. The lowest BCUT2D eigenvalue weighted by Gasteiger charge is -2.46. The van der Waals surface area contributed by atoms with E-state index in [-0.39, 0.29) is 6.03 Å². The van der Waals surface area contributed by atoms with Crippen molar-refractivity contribution in [1.29, 1.82) is 0 Å². The standard InChI is InChI=1S/C18H28N4O/c1-14-5-6-15(12-20-14)7-9-19-18(23)22-10-3-4-16-13-21(2)11-8-17(16)22/h5-6,12,16-17H,3-4,7-11,13H2,1-2H3,(H,19,23)/t16-,17-/m0/s1. The first-order valence-corrected chi connectivity index (χ1v) is 8.78. The molecule has 0 aliphatic carbocycles. The fraction of sp³-hybridized carbons (Fsp3) is 0.667. The first-order chi connectivity index (χ1) is 11.1. The van der Waals surface area contributed by atoms with Crippen LogP contribution in [0, 0.1) is 12.8 Å². The molecule has 0 saturated carbocycles. The van der Waals surface area contributed by atoms with Crippen LogP contribution in [0.1, 0.15) is 30.5 Å². The van der Waals surface area contributed by atoms with Crippen LogP contribution in [0.3, 0.4) is 0 Å². The van der Waals surface area contributed by atoms with Gasteiger partial charge < -0.3 is 15.1 Å². The molecule has 1 aromatic heterocycles. The molecule has 3 rings (SSSR count). The molecule has 2 aliphatic heterocycles. The van der Waals surface area contributed by atoms with Gasteiger partial charge in [0.2, 0.25) is 0 Å². The van der Waals surface area contributed by atoms with Crippen LogP contribution >= 0.6 is 0 Å². The Bertz CT molecular complexity index is 530. The van der Waals surface area contributed by atoms with Gasteiger partial charge in [0.1, 0.15) is 0 Å². The summed E-state index contributed by atoms with van der Waals surface area (Å²) in [5, 5.41) is 3.11. The Hall–Kier alpha value is -1.62. The van der Waals surface area contributed by atoms with Crippen LogP contribution in [0.15, 0.2) is 18.3 Å². The van der Waals surface area contributed by atoms with Gasteiger partial charge in [-0.1, -0.05) is 6.07 Å². The van der Waals surface area contributed by atoms with E-state index in [1.165, 1.54) is 12.0 Å². The van der Waals surface area contributed by atoms with Crippen molar-refractivity contribution in [3.05, 3.63) is 29.6 Å². The van der Waals surface area contributed by atoms with Crippen molar-refractivity contribution in [3.63, 3.8) is 0 Å². The summed E-state index contributed by atoms with van der Waals surface area (Å²) in [5.41, 5.74) is 2.20. The van der Waals surface area contributed by atoms with E-state index in [0.29, 0.717) is 18.5 Å². The normalized spacial score (nSPS) is 25.0. The number of nitrogens with one attached hydrogen (secondary N) is 1. The van der Waals surface area contributed by atoms with E-state index < -0.39 is 0 Å². The zero-order valence-corrected chi connectivity index (χ0v) is 14.3. The number of nitrogens with zero attached hydrogens (tertiary/aromatic N) is 3. The molecule has 0 spiro atoms. The topological polar surface area (TPSA) is 48.5 Å². The minimum atomic E-state index is 0.115. The van der Waals surface area contributed by atoms with Crippen molar-refractivity contribution in [1.82, 2.24) is 20.1 Å². The Morgan fingerprint density at radius 2 is 2.22 bits per heavy atom. The maximum atomic E-state index is 12.6. The lowest BCUT2D eigenvalue weighted by Crippen LogP contribution is -2.57. The van der Waals surface area contributed by atoms with E-state index >= 15 is 0 Å². The second-order valence-electron chi connectivity index (χ2n) is 7.00. The summed E-state index contributed by atoms with van der Waals surface area (Å²) in [4.78, 5) is 21.4. The molecule has 0 bridgehead atoms. The van der Waals surface area contributed by atoms with E-state index in [4.69, 9.17) is 0 Å². The van der Waals surface area contributed by atoms with Crippen LogP contribution in [-0.4, -0.2) is 60.1 Å². The second kappa shape index (κ2) is 7.30. The number of carbonyl (C=O) groups is 1. The number of piperidine rings is 2. The molecule has 23 heavy (non-hydrogen) atoms. The number of fused-ring (bicyclic) bond motifs is 1. The molecule has 2 saturated heterocycles. The SMILES string of the molecule is Cc1ccc(CCNC(=O)N2CCC[C@H]3CN(C)CC[C@@H]32)cn1. The van der Waals surface area contributed by atoms with Crippen molar-refractivity contribution in [3.8, 4) is 0 Å². The minimum absolute atomic E-state index is 0.115. The number of pyridine rings is 1. The maximum Gasteiger partial charge on any atom is 0.317 e. The Morgan fingerprint density at radius 3 is 3.00 bits per heavy atom. The molecule has 0 aromatic carbocycles. The maximum absolute atomic E-state index is 12.6. The second-order valence-corrected chi connectivity index (χ2v) is 7.00. The molecule has 0 unspecified atom stereocenters. The number of hydrogen-bond donors (Lipinski definition) is 1. The van der Waals surface area contributed by atoms with E-state index in [2.05, 4.69) is 33.2 Å². The van der Waals surface area contributed by atoms with Gasteiger partial charge in [-0.05, 0) is 63.7 Å². The largest absolute Gasteiger partial charge is 0.338 e. The summed E-state index contributed by atoms with van der Waals surface area (Å²) >= 11 is 0. The average Bonchev–Trinajstić information content (AvgIpc) is 2.55. The minimum Gasteiger partial charge on any atom is -0.338 e. The monoisotopic (exact) mass is 316 g/mol. The molecular weight excluding hydrogens is 288 g/mol. The van der Waals surface area contributed by atoms with Crippen LogP contribution in [0.2, 0.25) is 0 Å². The predicted molar refractivity (Wildman–Crippen MR) is 91.4 cm³/mol. The number of hydrogen-bond acceptors (Lipinski definition) is 3. The van der Waals surface area contributed by atoms with E-state index in [1.807, 2.05) is 19.2 Å². The van der Waals surface area contributed by atoms with Gasteiger partial charge >= 0.3 is 6.03 Å². The van der Waals surface area contributed by atoms with Crippen molar-refractivity contribution >= 4 is 6.03 Å². The molecular formula is C18H28N4O. The van der Waals surface area contributed by atoms with Crippen molar-refractivity contribution in [2.45, 2.75) is 38.6 Å². The van der Waals surface area contributed by atoms with E-state index in [1.54, 1.807) is 0 Å². The van der Waals surface area contributed by atoms with Gasteiger partial charge in [-0.15, -0.1) is 0 Å². The van der Waals surface area contributed by atoms with Gasteiger partial charge in [-0.3, -0.25) is 4.98 Å². The van der Waals surface area contributed by atoms with Gasteiger partial charge in [0.15, 0.2) is 0 Å². The number of rotatable bonds is 3. The summed E-state index contributed by atoms with van der Waals surface area (Å²) in [5.74, 6) is 0.648. The Kier molecular flexibility index (Phi) is 5.16. The summed E-state index contributed by atoms with van der Waals surface area (Å²) in [6.07, 6.45) is 6.23. The molecule has 2 amide bonds. The molecule has 5 nitrogen and oxygen atoms in total. The Morgan fingerprint density at radius 1 is 1.35 bits per heavy atom. The molecule has 5 heteroatoms. The highest BCUT2D eigenvalue weighted by Crippen LogP contribution is 2.29. The molecule has 1 N–H and O–H groups in total. The lowest BCUT2D eigenvalue weighted by molar-refractivity contribution is 0.0534. The number of aryl methyl sites for hydroxylation is 1. The number of urea groups is 1. The summed E-state index contributed by atoms with van der Waals surface area (Å²) in [6, 6.07) is 4.65. The van der Waals surface area contributed by atoms with Crippen LogP contribution in [0.5, 0.6) is 0 Å². The smallest absolute Gasteiger partial charge is 0.317 e. The summed E-state index contributed by atoms with van der Waals surface area (Å²) in [6.45, 7) is 5.80. The highest BCUT2D eigenvalue weighted by atomic mass is 16.2. The molecule has 1 aromatic rings. The number of amides is 2. The lowest BCUT2D eigenvalue weighted by atomic mass is 9.84.